The minimum absolute atomic E-state index is 0.0623. The van der Waals surface area contributed by atoms with Gasteiger partial charge in [-0.15, -0.1) is 0 Å². The van der Waals surface area contributed by atoms with Crippen molar-refractivity contribution in [2.75, 3.05) is 5.73 Å². The van der Waals surface area contributed by atoms with Crippen LogP contribution in [0, 0.1) is 0 Å². The van der Waals surface area contributed by atoms with Crippen LogP contribution in [0.1, 0.15) is 5.69 Å². The highest BCUT2D eigenvalue weighted by Gasteiger charge is 2.32. The molecule has 1 rings (SSSR count). The molecule has 0 fully saturated rings. The summed E-state index contributed by atoms with van der Waals surface area (Å²) in [5.74, 6) is 0. The fourth-order valence-electron chi connectivity index (χ4n) is 0.602. The molecule has 0 spiro atoms. The van der Waals surface area contributed by atoms with Crippen molar-refractivity contribution in [1.82, 2.24) is 4.98 Å². The van der Waals surface area contributed by atoms with E-state index in [0.29, 0.717) is 0 Å². The van der Waals surface area contributed by atoms with Gasteiger partial charge in [-0.1, -0.05) is 0 Å². The molecule has 0 atom stereocenters. The number of hydrogen-bond donors (Lipinski definition) is 3. The van der Waals surface area contributed by atoms with E-state index in [2.05, 4.69) is 10.7 Å². The smallest absolute Gasteiger partial charge is 0.433 e. The Morgan fingerprint density at radius 2 is 1.93 bits per heavy atom. The van der Waals surface area contributed by atoms with E-state index in [1.54, 1.807) is 0 Å². The molecule has 0 saturated heterocycles. The summed E-state index contributed by atoms with van der Waals surface area (Å²) in [6, 6.07) is 2.09. The van der Waals surface area contributed by atoms with Gasteiger partial charge in [-0.25, -0.2) is 4.79 Å². The Morgan fingerprint density at radius 3 is 2.20 bits per heavy atom. The third-order valence-electron chi connectivity index (χ3n) is 1.07. The lowest BCUT2D eigenvalue weighted by molar-refractivity contribution is -0.141. The third-order valence-corrected chi connectivity index (χ3v) is 1.07. The number of primary amides is 1. The van der Waals surface area contributed by atoms with Crippen LogP contribution in [0.2, 0.25) is 0 Å². The van der Waals surface area contributed by atoms with Crippen molar-refractivity contribution in [2.45, 2.75) is 6.18 Å². The average molecular weight is 223 g/mol. The zero-order chi connectivity index (χ0) is 12.1. The van der Waals surface area contributed by atoms with Crippen molar-refractivity contribution in [3.8, 4) is 0 Å². The largest absolute Gasteiger partial charge is 0.465 e. The Bertz CT molecular complexity index is 336. The average Bonchev–Trinajstić information content (AvgIpc) is 2.01. The van der Waals surface area contributed by atoms with E-state index in [1.807, 2.05) is 0 Å². The Balaban J connectivity index is 0.000000423. The van der Waals surface area contributed by atoms with E-state index >= 15 is 0 Å². The number of rotatable bonds is 0. The molecule has 1 aromatic heterocycles. The molecule has 5 N–H and O–H groups in total. The predicted octanol–water partition coefficient (Wildman–Crippen LogP) is 1.31. The lowest BCUT2D eigenvalue weighted by atomic mass is 10.3. The van der Waals surface area contributed by atoms with Crippen LogP contribution >= 0.6 is 0 Å². The number of alkyl halides is 3. The molecular weight excluding hydrogens is 215 g/mol. The normalized spacial score (nSPS) is 10.1. The molecule has 0 radical (unpaired) electrons. The molecule has 0 bridgehead atoms. The van der Waals surface area contributed by atoms with Crippen LogP contribution < -0.4 is 11.5 Å². The predicted molar refractivity (Wildman–Crippen MR) is 45.9 cm³/mol. The molecule has 0 aliphatic heterocycles. The molecule has 8 heteroatoms. The number of amides is 1. The maximum absolute atomic E-state index is 11.8. The van der Waals surface area contributed by atoms with Crippen molar-refractivity contribution < 1.29 is 23.1 Å². The summed E-state index contributed by atoms with van der Waals surface area (Å²) in [4.78, 5) is 11.9. The summed E-state index contributed by atoms with van der Waals surface area (Å²) in [6.07, 6.45) is -4.71. The van der Waals surface area contributed by atoms with Gasteiger partial charge in [0.1, 0.15) is 5.69 Å². The number of halogens is 3. The van der Waals surface area contributed by atoms with Crippen molar-refractivity contribution in [3.05, 3.63) is 24.0 Å². The second kappa shape index (κ2) is 5.03. The number of nitrogens with two attached hydrogens (primary N) is 2. The molecule has 0 saturated carbocycles. The van der Waals surface area contributed by atoms with Gasteiger partial charge in [-0.3, -0.25) is 4.98 Å². The van der Waals surface area contributed by atoms with E-state index in [4.69, 9.17) is 15.6 Å². The first-order valence-corrected chi connectivity index (χ1v) is 3.50. The van der Waals surface area contributed by atoms with E-state index in [1.165, 1.54) is 6.07 Å². The van der Waals surface area contributed by atoms with Crippen LogP contribution in [-0.2, 0) is 6.18 Å². The van der Waals surface area contributed by atoms with Crippen molar-refractivity contribution >= 4 is 11.8 Å². The van der Waals surface area contributed by atoms with Crippen molar-refractivity contribution in [1.29, 1.82) is 0 Å². The number of carboxylic acid groups (broad SMARTS) is 1. The minimum atomic E-state index is -4.41. The van der Waals surface area contributed by atoms with Gasteiger partial charge in [-0.2, -0.15) is 13.2 Å². The van der Waals surface area contributed by atoms with Gasteiger partial charge in [-0.05, 0) is 12.1 Å². The highest BCUT2D eigenvalue weighted by Crippen LogP contribution is 2.27. The van der Waals surface area contributed by atoms with Gasteiger partial charge in [0.05, 0.1) is 0 Å². The molecule has 0 aromatic carbocycles. The lowest BCUT2D eigenvalue weighted by Gasteiger charge is -2.04. The fourth-order valence-corrected chi connectivity index (χ4v) is 0.602. The standard InChI is InChI=1S/C6H5F3N2.CH3NO2/c7-6(8,9)5-3-4(10)1-2-11-5;2-1(3)4/h1-3H,(H2,10,11);2H2,(H,3,4). The summed E-state index contributed by atoms with van der Waals surface area (Å²) >= 11 is 0. The van der Waals surface area contributed by atoms with Gasteiger partial charge in [0.2, 0.25) is 0 Å². The van der Waals surface area contributed by atoms with E-state index < -0.39 is 18.0 Å². The topological polar surface area (TPSA) is 102 Å². The van der Waals surface area contributed by atoms with Crippen LogP contribution in [0.25, 0.3) is 0 Å². The number of nitrogens with zero attached hydrogens (tertiary/aromatic N) is 1. The molecular formula is C7H8F3N3O2. The molecule has 0 aliphatic carbocycles. The molecule has 5 nitrogen and oxygen atoms in total. The molecule has 1 aromatic rings. The highest BCUT2D eigenvalue weighted by atomic mass is 19.4. The van der Waals surface area contributed by atoms with Gasteiger partial charge in [0, 0.05) is 11.9 Å². The number of aromatic nitrogens is 1. The van der Waals surface area contributed by atoms with Crippen LogP contribution in [-0.4, -0.2) is 16.2 Å². The number of anilines is 1. The van der Waals surface area contributed by atoms with Crippen molar-refractivity contribution in [3.63, 3.8) is 0 Å². The van der Waals surface area contributed by atoms with Crippen LogP contribution in [0.15, 0.2) is 18.3 Å². The summed E-state index contributed by atoms with van der Waals surface area (Å²) < 4.78 is 35.5. The first kappa shape index (κ1) is 13.0. The van der Waals surface area contributed by atoms with Crippen LogP contribution in [0.3, 0.4) is 0 Å². The zero-order valence-corrected chi connectivity index (χ0v) is 7.32. The first-order chi connectivity index (χ1) is 6.73. The maximum atomic E-state index is 11.8. The van der Waals surface area contributed by atoms with Crippen molar-refractivity contribution in [2.24, 2.45) is 5.73 Å². The summed E-state index contributed by atoms with van der Waals surface area (Å²) in [6.45, 7) is 0. The zero-order valence-electron chi connectivity index (χ0n) is 7.32. The minimum Gasteiger partial charge on any atom is -0.465 e. The Labute approximate surface area is 82.5 Å². The molecule has 84 valence electrons. The number of carbonyl (C=O) groups is 1. The molecule has 1 heterocycles. The molecule has 0 unspecified atom stereocenters. The quantitative estimate of drug-likeness (QED) is 0.616. The SMILES string of the molecule is NC(=O)O.Nc1ccnc(C(F)(F)F)c1. The van der Waals surface area contributed by atoms with Gasteiger partial charge in [0.25, 0.3) is 0 Å². The van der Waals surface area contributed by atoms with Gasteiger partial charge in [0.15, 0.2) is 0 Å². The summed E-state index contributed by atoms with van der Waals surface area (Å²) in [5.41, 5.74) is 8.24. The summed E-state index contributed by atoms with van der Waals surface area (Å²) in [7, 11) is 0. The number of nitrogen functional groups attached to an aromatic ring is 1. The molecule has 15 heavy (non-hydrogen) atoms. The van der Waals surface area contributed by atoms with E-state index in [9.17, 15) is 13.2 Å². The first-order valence-electron chi connectivity index (χ1n) is 3.50. The highest BCUT2D eigenvalue weighted by molar-refractivity contribution is 5.61. The Kier molecular flexibility index (Phi) is 4.36. The fraction of sp³-hybridized carbons (Fsp3) is 0.143. The van der Waals surface area contributed by atoms with Crippen LogP contribution in [0.5, 0.6) is 0 Å². The Morgan fingerprint density at radius 1 is 1.47 bits per heavy atom. The molecule has 0 aliphatic rings. The van der Waals surface area contributed by atoms with Crippen LogP contribution in [0.4, 0.5) is 23.7 Å². The van der Waals surface area contributed by atoms with Gasteiger partial charge < -0.3 is 16.6 Å². The second-order valence-electron chi connectivity index (χ2n) is 2.31. The Hall–Kier alpha value is -1.99. The number of pyridine rings is 1. The van der Waals surface area contributed by atoms with E-state index in [0.717, 1.165) is 12.3 Å². The van der Waals surface area contributed by atoms with E-state index in [-0.39, 0.29) is 5.69 Å². The lowest BCUT2D eigenvalue weighted by Crippen LogP contribution is -2.07. The molecule has 1 amide bonds. The maximum Gasteiger partial charge on any atom is 0.433 e. The van der Waals surface area contributed by atoms with Gasteiger partial charge >= 0.3 is 12.3 Å². The monoisotopic (exact) mass is 223 g/mol. The third kappa shape index (κ3) is 6.13. The second-order valence-corrected chi connectivity index (χ2v) is 2.31. The summed E-state index contributed by atoms with van der Waals surface area (Å²) in [5, 5.41) is 7.19. The number of hydrogen-bond acceptors (Lipinski definition) is 3.